The molecule has 2 unspecified atom stereocenters. The van der Waals surface area contributed by atoms with Crippen LogP contribution in [0.15, 0.2) is 16.7 Å². The highest BCUT2D eigenvalue weighted by Crippen LogP contribution is 2.32. The molecule has 2 aromatic heterocycles. The number of nitrogens with zero attached hydrogens (tertiary/aromatic N) is 3. The second kappa shape index (κ2) is 6.02. The van der Waals surface area contributed by atoms with Gasteiger partial charge in [-0.15, -0.1) is 11.6 Å². The summed E-state index contributed by atoms with van der Waals surface area (Å²) in [5.41, 5.74) is 1.96. The van der Waals surface area contributed by atoms with Gasteiger partial charge in [0.05, 0.1) is 0 Å². The lowest BCUT2D eigenvalue weighted by Crippen LogP contribution is -2.12. The molecule has 1 aliphatic rings. The highest BCUT2D eigenvalue weighted by molar-refractivity contribution is 9.10. The topological polar surface area (TPSA) is 30.7 Å². The van der Waals surface area contributed by atoms with E-state index in [9.17, 15) is 0 Å². The van der Waals surface area contributed by atoms with Crippen LogP contribution in [0, 0.1) is 11.8 Å². The Morgan fingerprint density at radius 2 is 2.30 bits per heavy atom. The molecule has 20 heavy (non-hydrogen) atoms. The first-order chi connectivity index (χ1) is 9.67. The third-order valence-electron chi connectivity index (χ3n) is 4.19. The fourth-order valence-electron chi connectivity index (χ4n) is 3.25. The molecule has 1 fully saturated rings. The summed E-state index contributed by atoms with van der Waals surface area (Å²) in [5.74, 6) is 3.28. The third-order valence-corrected chi connectivity index (χ3v) is 4.82. The molecule has 2 aromatic rings. The molecule has 3 rings (SSSR count). The minimum Gasteiger partial charge on any atom is -0.312 e. The van der Waals surface area contributed by atoms with Crippen LogP contribution in [0.1, 0.15) is 32.0 Å². The standard InChI is InChI=1S/C15H19BrClN3/c1-10-2-3-11(6-10)9-20-14(4-5-17)19-13-7-12(16)8-18-15(13)20/h7-8,10-11H,2-6,9H2,1H3. The van der Waals surface area contributed by atoms with Gasteiger partial charge < -0.3 is 4.57 Å². The number of halogens is 2. The van der Waals surface area contributed by atoms with Crippen LogP contribution < -0.4 is 0 Å². The molecule has 5 heteroatoms. The zero-order valence-corrected chi connectivity index (χ0v) is 14.0. The van der Waals surface area contributed by atoms with Crippen molar-refractivity contribution in [2.45, 2.75) is 39.2 Å². The lowest BCUT2D eigenvalue weighted by Gasteiger charge is -2.13. The van der Waals surface area contributed by atoms with Gasteiger partial charge in [0, 0.05) is 29.5 Å². The maximum absolute atomic E-state index is 5.92. The van der Waals surface area contributed by atoms with Crippen LogP contribution >= 0.6 is 27.5 Å². The first kappa shape index (κ1) is 14.3. The van der Waals surface area contributed by atoms with Crippen LogP contribution in [0.3, 0.4) is 0 Å². The van der Waals surface area contributed by atoms with Gasteiger partial charge in [-0.2, -0.15) is 0 Å². The van der Waals surface area contributed by atoms with Crippen molar-refractivity contribution >= 4 is 38.7 Å². The van der Waals surface area contributed by atoms with Crippen molar-refractivity contribution in [3.05, 3.63) is 22.6 Å². The van der Waals surface area contributed by atoms with E-state index < -0.39 is 0 Å². The van der Waals surface area contributed by atoms with Gasteiger partial charge in [0.15, 0.2) is 5.65 Å². The number of alkyl halides is 1. The largest absolute Gasteiger partial charge is 0.312 e. The number of hydrogen-bond donors (Lipinski definition) is 0. The van der Waals surface area contributed by atoms with E-state index >= 15 is 0 Å². The average molecular weight is 357 g/mol. The molecule has 1 aliphatic carbocycles. The second-order valence-corrected chi connectivity index (χ2v) is 7.15. The molecule has 108 valence electrons. The highest BCUT2D eigenvalue weighted by atomic mass is 79.9. The van der Waals surface area contributed by atoms with Crippen LogP contribution in [-0.4, -0.2) is 20.4 Å². The second-order valence-electron chi connectivity index (χ2n) is 5.86. The Morgan fingerprint density at radius 3 is 3.00 bits per heavy atom. The number of rotatable bonds is 4. The fourth-order valence-corrected chi connectivity index (χ4v) is 3.74. The lowest BCUT2D eigenvalue weighted by molar-refractivity contribution is 0.438. The average Bonchev–Trinajstić information content (AvgIpc) is 2.95. The number of aromatic nitrogens is 3. The third kappa shape index (κ3) is 2.86. The molecule has 1 saturated carbocycles. The molecule has 2 atom stereocenters. The predicted octanol–water partition coefficient (Wildman–Crippen LogP) is 4.41. The SMILES string of the molecule is CC1CCC(Cn2c(CCCl)nc3cc(Br)cnc32)C1. The summed E-state index contributed by atoms with van der Waals surface area (Å²) in [4.78, 5) is 9.27. The quantitative estimate of drug-likeness (QED) is 0.760. The summed E-state index contributed by atoms with van der Waals surface area (Å²) in [5, 5.41) is 0. The summed E-state index contributed by atoms with van der Waals surface area (Å²) in [6, 6.07) is 2.04. The van der Waals surface area contributed by atoms with Crippen molar-refractivity contribution in [1.29, 1.82) is 0 Å². The first-order valence-corrected chi connectivity index (χ1v) is 8.56. The van der Waals surface area contributed by atoms with E-state index in [0.717, 1.165) is 46.3 Å². The number of pyridine rings is 1. The monoisotopic (exact) mass is 355 g/mol. The number of imidazole rings is 1. The Balaban J connectivity index is 1.95. The molecule has 0 radical (unpaired) electrons. The van der Waals surface area contributed by atoms with Crippen molar-refractivity contribution in [3.63, 3.8) is 0 Å². The minimum absolute atomic E-state index is 0.603. The van der Waals surface area contributed by atoms with Crippen molar-refractivity contribution in [2.24, 2.45) is 11.8 Å². The molecule has 0 amide bonds. The van der Waals surface area contributed by atoms with Crippen molar-refractivity contribution in [3.8, 4) is 0 Å². The number of hydrogen-bond acceptors (Lipinski definition) is 2. The van der Waals surface area contributed by atoms with E-state index in [2.05, 4.69) is 32.4 Å². The fraction of sp³-hybridized carbons (Fsp3) is 0.600. The zero-order valence-electron chi connectivity index (χ0n) is 11.6. The van der Waals surface area contributed by atoms with Gasteiger partial charge in [0.1, 0.15) is 11.3 Å². The molecule has 0 bridgehead atoms. The van der Waals surface area contributed by atoms with Gasteiger partial charge in [-0.25, -0.2) is 9.97 Å². The zero-order chi connectivity index (χ0) is 14.1. The normalized spacial score (nSPS) is 22.8. The Bertz CT molecular complexity index is 610. The summed E-state index contributed by atoms with van der Waals surface area (Å²) < 4.78 is 3.26. The van der Waals surface area contributed by atoms with Crippen molar-refractivity contribution < 1.29 is 0 Å². The molecule has 0 saturated heterocycles. The summed E-state index contributed by atoms with van der Waals surface area (Å²) >= 11 is 9.39. The Labute approximate surface area is 132 Å². The summed E-state index contributed by atoms with van der Waals surface area (Å²) in [7, 11) is 0. The molecule has 2 heterocycles. The van der Waals surface area contributed by atoms with Crippen LogP contribution in [0.2, 0.25) is 0 Å². The van der Waals surface area contributed by atoms with Gasteiger partial charge in [-0.05, 0) is 46.7 Å². The summed E-state index contributed by atoms with van der Waals surface area (Å²) in [6.45, 7) is 3.38. The van der Waals surface area contributed by atoms with Crippen LogP contribution in [0.25, 0.3) is 11.2 Å². The molecular weight excluding hydrogens is 338 g/mol. The highest BCUT2D eigenvalue weighted by Gasteiger charge is 2.23. The van der Waals surface area contributed by atoms with E-state index in [0.29, 0.717) is 5.88 Å². The minimum atomic E-state index is 0.603. The van der Waals surface area contributed by atoms with Crippen molar-refractivity contribution in [1.82, 2.24) is 14.5 Å². The Hall–Kier alpha value is -0.610. The number of fused-ring (bicyclic) bond motifs is 1. The van der Waals surface area contributed by atoms with Gasteiger partial charge in [-0.1, -0.05) is 13.3 Å². The molecular formula is C15H19BrClN3. The van der Waals surface area contributed by atoms with Crippen LogP contribution in [0.5, 0.6) is 0 Å². The van der Waals surface area contributed by atoms with Crippen molar-refractivity contribution in [2.75, 3.05) is 5.88 Å². The molecule has 0 aliphatic heterocycles. The van der Waals surface area contributed by atoms with Crippen LogP contribution in [0.4, 0.5) is 0 Å². The van der Waals surface area contributed by atoms with E-state index in [1.807, 2.05) is 12.3 Å². The lowest BCUT2D eigenvalue weighted by atomic mass is 10.1. The molecule has 0 spiro atoms. The predicted molar refractivity (Wildman–Crippen MR) is 86.2 cm³/mol. The molecule has 0 aromatic carbocycles. The Morgan fingerprint density at radius 1 is 1.45 bits per heavy atom. The Kier molecular flexibility index (Phi) is 4.32. The van der Waals surface area contributed by atoms with E-state index in [1.165, 1.54) is 19.3 Å². The van der Waals surface area contributed by atoms with Gasteiger partial charge in [0.25, 0.3) is 0 Å². The number of aryl methyl sites for hydroxylation is 1. The smallest absolute Gasteiger partial charge is 0.160 e. The maximum atomic E-state index is 5.92. The molecule has 0 N–H and O–H groups in total. The van der Waals surface area contributed by atoms with E-state index in [4.69, 9.17) is 16.6 Å². The molecule has 3 nitrogen and oxygen atoms in total. The van der Waals surface area contributed by atoms with E-state index in [-0.39, 0.29) is 0 Å². The van der Waals surface area contributed by atoms with Gasteiger partial charge in [-0.3, -0.25) is 0 Å². The maximum Gasteiger partial charge on any atom is 0.160 e. The van der Waals surface area contributed by atoms with Crippen LogP contribution in [-0.2, 0) is 13.0 Å². The summed E-state index contributed by atoms with van der Waals surface area (Å²) in [6.07, 6.45) is 6.63. The first-order valence-electron chi connectivity index (χ1n) is 7.24. The van der Waals surface area contributed by atoms with Gasteiger partial charge >= 0.3 is 0 Å². The van der Waals surface area contributed by atoms with Gasteiger partial charge in [0.2, 0.25) is 0 Å². The van der Waals surface area contributed by atoms with E-state index in [1.54, 1.807) is 0 Å².